The fourth-order valence-corrected chi connectivity index (χ4v) is 1.95. The highest BCUT2D eigenvalue weighted by molar-refractivity contribution is 6.09. The van der Waals surface area contributed by atoms with Gasteiger partial charge < -0.3 is 10.6 Å². The maximum Gasteiger partial charge on any atom is 0.304 e. The minimum atomic E-state index is -0.724. The first-order valence-corrected chi connectivity index (χ1v) is 5.99. The first-order chi connectivity index (χ1) is 9.93. The minimum absolute atomic E-state index is 0.0271. The molecule has 0 aliphatic heterocycles. The highest BCUT2D eigenvalue weighted by atomic mass is 19.1. The van der Waals surface area contributed by atoms with Crippen LogP contribution in [0, 0.1) is 15.9 Å². The van der Waals surface area contributed by atoms with Crippen LogP contribution in [0.3, 0.4) is 0 Å². The highest BCUT2D eigenvalue weighted by Crippen LogP contribution is 2.28. The second-order valence-electron chi connectivity index (χ2n) is 4.32. The van der Waals surface area contributed by atoms with Crippen LogP contribution in [-0.4, -0.2) is 17.9 Å². The number of nitrogens with two attached hydrogens (primary N) is 1. The quantitative estimate of drug-likeness (QED) is 0.534. The van der Waals surface area contributed by atoms with Crippen molar-refractivity contribution in [1.29, 1.82) is 0 Å². The molecule has 0 aromatic heterocycles. The molecular weight excluding hydrogens is 277 g/mol. The van der Waals surface area contributed by atoms with E-state index in [1.165, 1.54) is 43.4 Å². The fraction of sp³-hybridized carbons (Fsp3) is 0.0714. The Kier molecular flexibility index (Phi) is 3.84. The third-order valence-electron chi connectivity index (χ3n) is 3.00. The lowest BCUT2D eigenvalue weighted by Gasteiger charge is -2.18. The van der Waals surface area contributed by atoms with Crippen molar-refractivity contribution in [1.82, 2.24) is 0 Å². The lowest BCUT2D eigenvalue weighted by Crippen LogP contribution is -2.28. The van der Waals surface area contributed by atoms with Crippen molar-refractivity contribution in [3.8, 4) is 0 Å². The molecule has 0 saturated heterocycles. The van der Waals surface area contributed by atoms with Gasteiger partial charge in [-0.05, 0) is 24.3 Å². The average Bonchev–Trinajstić information content (AvgIpc) is 2.45. The Morgan fingerprint density at radius 1 is 1.24 bits per heavy atom. The normalized spacial score (nSPS) is 10.2. The number of nitro benzene ring substituents is 1. The molecule has 0 aliphatic rings. The molecule has 0 heterocycles. The number of hydrogen-bond acceptors (Lipinski definition) is 4. The smallest absolute Gasteiger partial charge is 0.304 e. The number of nitro groups is 1. The molecule has 1 amide bonds. The van der Waals surface area contributed by atoms with Gasteiger partial charge in [0.15, 0.2) is 0 Å². The van der Waals surface area contributed by atoms with Crippen molar-refractivity contribution in [3.63, 3.8) is 0 Å². The Morgan fingerprint density at radius 2 is 1.90 bits per heavy atom. The minimum Gasteiger partial charge on any atom is -0.393 e. The summed E-state index contributed by atoms with van der Waals surface area (Å²) in [5.41, 5.74) is 4.78. The van der Waals surface area contributed by atoms with E-state index < -0.39 is 22.3 Å². The third-order valence-corrected chi connectivity index (χ3v) is 3.00. The summed E-state index contributed by atoms with van der Waals surface area (Å²) in [7, 11) is 1.34. The van der Waals surface area contributed by atoms with E-state index in [1.807, 2.05) is 0 Å². The van der Waals surface area contributed by atoms with Crippen LogP contribution in [0.1, 0.15) is 10.4 Å². The molecule has 0 bridgehead atoms. The highest BCUT2D eigenvalue weighted by Gasteiger charge is 2.26. The lowest BCUT2D eigenvalue weighted by atomic mass is 10.1. The number of amides is 1. The van der Waals surface area contributed by atoms with Gasteiger partial charge in [0.05, 0.1) is 10.6 Å². The zero-order valence-electron chi connectivity index (χ0n) is 11.1. The molecule has 0 saturated carbocycles. The summed E-state index contributed by atoms with van der Waals surface area (Å²) in [5, 5.41) is 11.1. The van der Waals surface area contributed by atoms with Crippen LogP contribution in [0.2, 0.25) is 0 Å². The van der Waals surface area contributed by atoms with Crippen molar-refractivity contribution in [3.05, 3.63) is 64.0 Å². The number of halogens is 1. The van der Waals surface area contributed by atoms with Crippen molar-refractivity contribution < 1.29 is 14.1 Å². The summed E-state index contributed by atoms with van der Waals surface area (Å²) in [5.74, 6) is -1.31. The van der Waals surface area contributed by atoms with E-state index in [1.54, 1.807) is 6.07 Å². The Bertz CT molecular complexity index is 718. The van der Waals surface area contributed by atoms with E-state index in [2.05, 4.69) is 0 Å². The molecule has 2 aromatic carbocycles. The average molecular weight is 289 g/mol. The number of carbonyl (C=O) groups excluding carboxylic acids is 1. The largest absolute Gasteiger partial charge is 0.393 e. The predicted octanol–water partition coefficient (Wildman–Crippen LogP) is 2.59. The molecule has 0 spiro atoms. The first-order valence-electron chi connectivity index (χ1n) is 5.99. The summed E-state index contributed by atoms with van der Waals surface area (Å²) in [6, 6.07) is 9.71. The van der Waals surface area contributed by atoms with Gasteiger partial charge in [0.25, 0.3) is 5.91 Å². The molecule has 0 unspecified atom stereocenters. The molecule has 21 heavy (non-hydrogen) atoms. The maximum absolute atomic E-state index is 13.7. The number of rotatable bonds is 3. The van der Waals surface area contributed by atoms with E-state index in [4.69, 9.17) is 5.73 Å². The van der Waals surface area contributed by atoms with Gasteiger partial charge in [-0.2, -0.15) is 0 Å². The van der Waals surface area contributed by atoms with Crippen molar-refractivity contribution in [2.75, 3.05) is 17.7 Å². The van der Waals surface area contributed by atoms with E-state index in [9.17, 15) is 19.3 Å². The van der Waals surface area contributed by atoms with Crippen LogP contribution < -0.4 is 10.6 Å². The standard InChI is InChI=1S/C14H12FN3O3/c1-17(12-8-3-2-6-10(12)15)14(19)9-5-4-7-11(16)13(9)18(20)21/h2-8H,16H2,1H3. The van der Waals surface area contributed by atoms with Crippen LogP contribution in [0.15, 0.2) is 42.5 Å². The number of para-hydroxylation sites is 2. The van der Waals surface area contributed by atoms with Crippen LogP contribution in [0.5, 0.6) is 0 Å². The SMILES string of the molecule is CN(C(=O)c1cccc(N)c1[N+](=O)[O-])c1ccccc1F. The van der Waals surface area contributed by atoms with E-state index in [0.717, 1.165) is 4.90 Å². The van der Waals surface area contributed by atoms with Crippen LogP contribution in [-0.2, 0) is 0 Å². The molecular formula is C14H12FN3O3. The second-order valence-corrected chi connectivity index (χ2v) is 4.32. The number of carbonyl (C=O) groups is 1. The van der Waals surface area contributed by atoms with E-state index in [-0.39, 0.29) is 16.9 Å². The van der Waals surface area contributed by atoms with Crippen LogP contribution in [0.25, 0.3) is 0 Å². The molecule has 108 valence electrons. The van der Waals surface area contributed by atoms with Crippen LogP contribution in [0.4, 0.5) is 21.5 Å². The first kappa shape index (κ1) is 14.4. The van der Waals surface area contributed by atoms with Gasteiger partial charge in [-0.1, -0.05) is 18.2 Å². The van der Waals surface area contributed by atoms with Gasteiger partial charge in [-0.3, -0.25) is 14.9 Å². The van der Waals surface area contributed by atoms with Gasteiger partial charge >= 0.3 is 5.69 Å². The molecule has 0 fully saturated rings. The number of hydrogen-bond donors (Lipinski definition) is 1. The maximum atomic E-state index is 13.7. The molecule has 0 radical (unpaired) electrons. The van der Waals surface area contributed by atoms with E-state index >= 15 is 0 Å². The third kappa shape index (κ3) is 2.66. The van der Waals surface area contributed by atoms with Gasteiger partial charge in [0.2, 0.25) is 0 Å². The Balaban J connectivity index is 2.48. The fourth-order valence-electron chi connectivity index (χ4n) is 1.95. The summed E-state index contributed by atoms with van der Waals surface area (Å²) in [4.78, 5) is 23.7. The van der Waals surface area contributed by atoms with Gasteiger partial charge in [-0.25, -0.2) is 4.39 Å². The van der Waals surface area contributed by atoms with Crippen molar-refractivity contribution in [2.24, 2.45) is 0 Å². The second kappa shape index (κ2) is 5.58. The lowest BCUT2D eigenvalue weighted by molar-refractivity contribution is -0.384. The number of anilines is 2. The van der Waals surface area contributed by atoms with Crippen molar-refractivity contribution >= 4 is 23.0 Å². The molecule has 7 heteroatoms. The zero-order chi connectivity index (χ0) is 15.6. The molecule has 2 rings (SSSR count). The Labute approximate surface area is 119 Å². The van der Waals surface area contributed by atoms with Crippen LogP contribution >= 0.6 is 0 Å². The van der Waals surface area contributed by atoms with Crippen molar-refractivity contribution in [2.45, 2.75) is 0 Å². The van der Waals surface area contributed by atoms with Gasteiger partial charge in [-0.15, -0.1) is 0 Å². The number of nitrogens with zero attached hydrogens (tertiary/aromatic N) is 2. The molecule has 2 N–H and O–H groups in total. The number of nitrogen functional groups attached to an aromatic ring is 1. The summed E-state index contributed by atoms with van der Waals surface area (Å²) >= 11 is 0. The topological polar surface area (TPSA) is 89.5 Å². The Hall–Kier alpha value is -2.96. The monoisotopic (exact) mass is 289 g/mol. The van der Waals surface area contributed by atoms with Gasteiger partial charge in [0, 0.05) is 7.05 Å². The molecule has 6 nitrogen and oxygen atoms in total. The molecule has 0 aliphatic carbocycles. The van der Waals surface area contributed by atoms with Gasteiger partial charge in [0.1, 0.15) is 17.1 Å². The summed E-state index contributed by atoms with van der Waals surface area (Å²) in [6.07, 6.45) is 0. The summed E-state index contributed by atoms with van der Waals surface area (Å²) in [6.45, 7) is 0. The molecule has 2 aromatic rings. The predicted molar refractivity (Wildman–Crippen MR) is 76.6 cm³/mol. The van der Waals surface area contributed by atoms with E-state index in [0.29, 0.717) is 0 Å². The zero-order valence-corrected chi connectivity index (χ0v) is 11.1. The number of benzene rings is 2. The molecule has 0 atom stereocenters. The Morgan fingerprint density at radius 3 is 2.52 bits per heavy atom. The summed E-state index contributed by atoms with van der Waals surface area (Å²) < 4.78 is 13.7.